The maximum atomic E-state index is 13.2. The lowest BCUT2D eigenvalue weighted by molar-refractivity contribution is -0.146. The van der Waals surface area contributed by atoms with Gasteiger partial charge >= 0.3 is 12.2 Å². The van der Waals surface area contributed by atoms with Crippen LogP contribution in [-0.2, 0) is 9.53 Å². The molecule has 1 N–H and O–H groups in total. The highest BCUT2D eigenvalue weighted by Crippen LogP contribution is 2.36. The highest BCUT2D eigenvalue weighted by atomic mass is 19.4. The first-order chi connectivity index (χ1) is 15.3. The largest absolute Gasteiger partial charge is 0.408 e. The Bertz CT molecular complexity index is 874. The number of amides is 3. The van der Waals surface area contributed by atoms with Crippen molar-refractivity contribution < 1.29 is 27.5 Å². The summed E-state index contributed by atoms with van der Waals surface area (Å²) < 4.78 is 45.2. The number of fused-ring (bicyclic) bond motifs is 1. The lowest BCUT2D eigenvalue weighted by atomic mass is 9.92. The third-order valence-corrected chi connectivity index (χ3v) is 6.91. The van der Waals surface area contributed by atoms with Crippen LogP contribution in [0.3, 0.4) is 0 Å². The quantitative estimate of drug-likeness (QED) is 0.738. The number of ether oxygens (including phenoxy) is 1. The fraction of sp³-hybridized carbons (Fsp3) is 0.667. The molecule has 11 heteroatoms. The molecule has 1 aromatic rings. The fourth-order valence-corrected chi connectivity index (χ4v) is 5.11. The first-order valence-corrected chi connectivity index (χ1v) is 11.0. The number of alkyl halides is 3. The van der Waals surface area contributed by atoms with Crippen molar-refractivity contribution in [2.24, 2.45) is 0 Å². The number of halogens is 3. The van der Waals surface area contributed by atoms with Crippen molar-refractivity contribution in [1.82, 2.24) is 20.1 Å². The van der Waals surface area contributed by atoms with Crippen LogP contribution in [0.25, 0.3) is 0 Å². The number of morpholine rings is 1. The Hall–Kier alpha value is -2.56. The molecule has 3 atom stereocenters. The minimum atomic E-state index is -4.26. The predicted octanol–water partition coefficient (Wildman–Crippen LogP) is 1.72. The molecule has 0 saturated carbocycles. The number of hydrogen-bond acceptors (Lipinski definition) is 5. The van der Waals surface area contributed by atoms with E-state index in [-0.39, 0.29) is 43.0 Å². The number of pyridine rings is 1. The van der Waals surface area contributed by atoms with Crippen LogP contribution in [0.15, 0.2) is 18.3 Å². The molecule has 4 saturated heterocycles. The minimum Gasteiger partial charge on any atom is -0.366 e. The summed E-state index contributed by atoms with van der Waals surface area (Å²) in [7, 11) is 0. The number of nitrogens with zero attached hydrogens (tertiary/aromatic N) is 4. The van der Waals surface area contributed by atoms with Gasteiger partial charge in [0.1, 0.15) is 18.5 Å². The lowest BCUT2D eigenvalue weighted by Gasteiger charge is -2.46. The molecule has 0 aromatic carbocycles. The molecule has 0 radical (unpaired) electrons. The van der Waals surface area contributed by atoms with Crippen LogP contribution in [0.4, 0.5) is 23.8 Å². The number of aromatic nitrogens is 1. The summed E-state index contributed by atoms with van der Waals surface area (Å²) in [6.07, 6.45) is -1.38. The van der Waals surface area contributed by atoms with Crippen LogP contribution < -0.4 is 10.2 Å². The van der Waals surface area contributed by atoms with Crippen LogP contribution in [0.1, 0.15) is 30.7 Å². The Morgan fingerprint density at radius 3 is 2.66 bits per heavy atom. The van der Waals surface area contributed by atoms with Gasteiger partial charge in [-0.2, -0.15) is 13.2 Å². The second-order valence-corrected chi connectivity index (χ2v) is 8.99. The van der Waals surface area contributed by atoms with Gasteiger partial charge in [-0.3, -0.25) is 4.79 Å². The molecule has 1 aromatic heterocycles. The Morgan fingerprint density at radius 2 is 1.94 bits per heavy atom. The molecule has 4 fully saturated rings. The van der Waals surface area contributed by atoms with E-state index < -0.39 is 12.2 Å². The summed E-state index contributed by atoms with van der Waals surface area (Å²) in [5.41, 5.74) is 0.923. The van der Waals surface area contributed by atoms with E-state index in [0.717, 1.165) is 5.56 Å². The summed E-state index contributed by atoms with van der Waals surface area (Å²) in [5.74, 6) is 0.309. The molecule has 8 nitrogen and oxygen atoms in total. The number of anilines is 1. The van der Waals surface area contributed by atoms with E-state index in [1.807, 2.05) is 6.07 Å². The van der Waals surface area contributed by atoms with E-state index in [1.54, 1.807) is 22.1 Å². The molecule has 0 aliphatic carbocycles. The van der Waals surface area contributed by atoms with E-state index >= 15 is 0 Å². The van der Waals surface area contributed by atoms with Crippen molar-refractivity contribution in [2.75, 3.05) is 44.2 Å². The summed E-state index contributed by atoms with van der Waals surface area (Å²) in [4.78, 5) is 33.5. The zero-order valence-corrected chi connectivity index (χ0v) is 17.6. The summed E-state index contributed by atoms with van der Waals surface area (Å²) >= 11 is 0. The lowest BCUT2D eigenvalue weighted by Crippen LogP contribution is -2.63. The van der Waals surface area contributed by atoms with Gasteiger partial charge in [0.25, 0.3) is 0 Å². The second-order valence-electron chi connectivity index (χ2n) is 8.99. The van der Waals surface area contributed by atoms with Gasteiger partial charge in [-0.25, -0.2) is 9.78 Å². The first-order valence-electron chi connectivity index (χ1n) is 11.0. The molecule has 4 aliphatic rings. The zero-order chi connectivity index (χ0) is 22.5. The average molecular weight is 453 g/mol. The molecular weight excluding hydrogens is 427 g/mol. The SMILES string of the molecule is O=C1COC2CCN(C(=O)N3CC(c4ccc(N5CCCC5C(F)(F)F)nc4)C3)CC2N1. The first kappa shape index (κ1) is 21.3. The van der Waals surface area contributed by atoms with Gasteiger partial charge in [0, 0.05) is 44.8 Å². The van der Waals surface area contributed by atoms with Crippen molar-refractivity contribution in [3.63, 3.8) is 0 Å². The summed E-state index contributed by atoms with van der Waals surface area (Å²) in [6.45, 7) is 2.53. The topological polar surface area (TPSA) is 78.0 Å². The Kier molecular flexibility index (Phi) is 5.39. The van der Waals surface area contributed by atoms with Gasteiger partial charge < -0.3 is 24.8 Å². The number of nitrogens with one attached hydrogen (secondary N) is 1. The standard InChI is InChI=1S/C21H26F3N5O3/c22-21(23,24)17-2-1-6-29(17)18-4-3-13(8-25-18)14-9-28(10-14)20(31)27-7-5-16-15(11-27)26-19(30)12-32-16/h3-4,8,14-17H,1-2,5-7,9-12H2,(H,26,30). The minimum absolute atomic E-state index is 0.0435. The number of hydrogen-bond donors (Lipinski definition) is 1. The molecule has 0 bridgehead atoms. The highest BCUT2D eigenvalue weighted by molar-refractivity contribution is 5.79. The van der Waals surface area contributed by atoms with E-state index in [2.05, 4.69) is 10.3 Å². The second kappa shape index (κ2) is 8.09. The number of urea groups is 1. The zero-order valence-electron chi connectivity index (χ0n) is 17.6. The average Bonchev–Trinajstić information content (AvgIpc) is 3.23. The van der Waals surface area contributed by atoms with Crippen LogP contribution in [-0.4, -0.2) is 90.4 Å². The van der Waals surface area contributed by atoms with Crippen molar-refractivity contribution >= 4 is 17.8 Å². The molecule has 0 spiro atoms. The van der Waals surface area contributed by atoms with Crippen LogP contribution in [0.5, 0.6) is 0 Å². The van der Waals surface area contributed by atoms with Gasteiger partial charge in [0.15, 0.2) is 0 Å². The van der Waals surface area contributed by atoms with E-state index in [0.29, 0.717) is 51.4 Å². The van der Waals surface area contributed by atoms with Gasteiger partial charge in [-0.15, -0.1) is 0 Å². The van der Waals surface area contributed by atoms with E-state index in [1.165, 1.54) is 4.90 Å². The maximum Gasteiger partial charge on any atom is 0.408 e. The molecular formula is C21H26F3N5O3. The van der Waals surface area contributed by atoms with Gasteiger partial charge in [-0.05, 0) is 30.9 Å². The molecule has 4 aliphatic heterocycles. The van der Waals surface area contributed by atoms with Gasteiger partial charge in [0.05, 0.1) is 12.1 Å². The number of likely N-dealkylation sites (tertiary alicyclic amines) is 2. The van der Waals surface area contributed by atoms with E-state index in [9.17, 15) is 22.8 Å². The summed E-state index contributed by atoms with van der Waals surface area (Å²) in [6, 6.07) is 1.77. The predicted molar refractivity (Wildman–Crippen MR) is 108 cm³/mol. The normalized spacial score (nSPS) is 28.9. The Labute approximate surface area is 183 Å². The van der Waals surface area contributed by atoms with Crippen molar-refractivity contribution in [2.45, 2.75) is 49.5 Å². The smallest absolute Gasteiger partial charge is 0.366 e. The molecule has 174 valence electrons. The maximum absolute atomic E-state index is 13.2. The molecule has 3 amide bonds. The third-order valence-electron chi connectivity index (χ3n) is 6.91. The molecule has 5 rings (SSSR count). The number of carbonyl (C=O) groups is 2. The monoisotopic (exact) mass is 453 g/mol. The fourth-order valence-electron chi connectivity index (χ4n) is 5.11. The number of carbonyl (C=O) groups excluding carboxylic acids is 2. The Balaban J connectivity index is 1.15. The Morgan fingerprint density at radius 1 is 1.12 bits per heavy atom. The molecule has 3 unspecified atom stereocenters. The van der Waals surface area contributed by atoms with Crippen LogP contribution >= 0.6 is 0 Å². The van der Waals surface area contributed by atoms with Crippen LogP contribution in [0.2, 0.25) is 0 Å². The number of piperidine rings is 1. The van der Waals surface area contributed by atoms with Gasteiger partial charge in [0.2, 0.25) is 5.91 Å². The molecule has 5 heterocycles. The van der Waals surface area contributed by atoms with Gasteiger partial charge in [-0.1, -0.05) is 6.07 Å². The van der Waals surface area contributed by atoms with Crippen molar-refractivity contribution in [1.29, 1.82) is 0 Å². The third kappa shape index (κ3) is 3.98. The summed E-state index contributed by atoms with van der Waals surface area (Å²) in [5, 5.41) is 2.89. The highest BCUT2D eigenvalue weighted by Gasteiger charge is 2.46. The van der Waals surface area contributed by atoms with Crippen molar-refractivity contribution in [3.05, 3.63) is 23.9 Å². The van der Waals surface area contributed by atoms with Crippen molar-refractivity contribution in [3.8, 4) is 0 Å². The number of rotatable bonds is 2. The van der Waals surface area contributed by atoms with E-state index in [4.69, 9.17) is 4.74 Å². The van der Waals surface area contributed by atoms with Crippen LogP contribution in [0, 0.1) is 0 Å². The molecule has 32 heavy (non-hydrogen) atoms.